The maximum Gasteiger partial charge on any atom is 0.387 e. The highest BCUT2D eigenvalue weighted by Crippen LogP contribution is 2.21. The van der Waals surface area contributed by atoms with E-state index < -0.39 is 6.61 Å². The van der Waals surface area contributed by atoms with Gasteiger partial charge in [-0.1, -0.05) is 12.1 Å². The molecule has 7 heteroatoms. The smallest absolute Gasteiger partial charge is 0.387 e. The number of ether oxygens (including phenoxy) is 1. The number of nitrogens with one attached hydrogen (secondary N) is 1. The third-order valence-corrected chi connectivity index (χ3v) is 3.77. The fourth-order valence-electron chi connectivity index (χ4n) is 2.57. The van der Waals surface area contributed by atoms with Gasteiger partial charge in [-0.3, -0.25) is 4.79 Å². The summed E-state index contributed by atoms with van der Waals surface area (Å²) in [5.74, 6) is -0.210. The lowest BCUT2D eigenvalue weighted by Crippen LogP contribution is -2.26. The van der Waals surface area contributed by atoms with Gasteiger partial charge in [-0.2, -0.15) is 8.78 Å². The Bertz CT molecular complexity index is 908. The molecule has 3 aromatic rings. The number of imidazole rings is 1. The molecule has 2 heterocycles. The molecule has 1 aromatic carbocycles. The van der Waals surface area contributed by atoms with E-state index in [0.29, 0.717) is 16.8 Å². The van der Waals surface area contributed by atoms with Gasteiger partial charge < -0.3 is 14.5 Å². The van der Waals surface area contributed by atoms with Crippen molar-refractivity contribution in [3.8, 4) is 5.75 Å². The zero-order chi connectivity index (χ0) is 18.0. The number of carbonyl (C=O) groups excluding carboxylic acids is 1. The molecule has 3 rings (SSSR count). The molecule has 0 aliphatic carbocycles. The van der Waals surface area contributed by atoms with Crippen LogP contribution >= 0.6 is 0 Å². The molecule has 1 N–H and O–H groups in total. The Balaban J connectivity index is 1.74. The van der Waals surface area contributed by atoms with Crippen LogP contribution in [0.1, 0.15) is 34.6 Å². The van der Waals surface area contributed by atoms with E-state index in [4.69, 9.17) is 0 Å². The topological polar surface area (TPSA) is 55.6 Å². The molecule has 25 heavy (non-hydrogen) atoms. The number of hydrogen-bond donors (Lipinski definition) is 1. The van der Waals surface area contributed by atoms with Crippen LogP contribution in [-0.2, 0) is 0 Å². The second-order valence-corrected chi connectivity index (χ2v) is 5.71. The van der Waals surface area contributed by atoms with Gasteiger partial charge in [0.05, 0.1) is 11.7 Å². The third-order valence-electron chi connectivity index (χ3n) is 3.77. The first-order chi connectivity index (χ1) is 11.9. The van der Waals surface area contributed by atoms with E-state index in [1.165, 1.54) is 12.1 Å². The first-order valence-electron chi connectivity index (χ1n) is 7.73. The predicted molar refractivity (Wildman–Crippen MR) is 88.9 cm³/mol. The molecule has 0 bridgehead atoms. The highest BCUT2D eigenvalue weighted by molar-refractivity contribution is 5.95. The number of alkyl halides is 2. The molecule has 130 valence electrons. The van der Waals surface area contributed by atoms with Gasteiger partial charge in [-0.15, -0.1) is 0 Å². The van der Waals surface area contributed by atoms with Crippen LogP contribution in [-0.4, -0.2) is 21.9 Å². The summed E-state index contributed by atoms with van der Waals surface area (Å²) in [5.41, 5.74) is 2.70. The Morgan fingerprint density at radius 2 is 2.08 bits per heavy atom. The van der Waals surface area contributed by atoms with Crippen LogP contribution in [0, 0.1) is 6.92 Å². The van der Waals surface area contributed by atoms with Crippen LogP contribution in [0.15, 0.2) is 48.8 Å². The molecule has 0 spiro atoms. The lowest BCUT2D eigenvalue weighted by molar-refractivity contribution is -0.0499. The number of rotatable bonds is 5. The third kappa shape index (κ3) is 3.93. The van der Waals surface area contributed by atoms with Crippen molar-refractivity contribution in [3.63, 3.8) is 0 Å². The second-order valence-electron chi connectivity index (χ2n) is 5.71. The Morgan fingerprint density at radius 1 is 1.28 bits per heavy atom. The summed E-state index contributed by atoms with van der Waals surface area (Å²) in [6.45, 7) is 0.769. The van der Waals surface area contributed by atoms with E-state index in [9.17, 15) is 13.6 Å². The number of benzene rings is 1. The fourth-order valence-corrected chi connectivity index (χ4v) is 2.57. The van der Waals surface area contributed by atoms with Crippen molar-refractivity contribution >= 4 is 11.6 Å². The number of nitrogens with zero attached hydrogens (tertiary/aromatic N) is 2. The van der Waals surface area contributed by atoms with Gasteiger partial charge in [0.2, 0.25) is 0 Å². The summed E-state index contributed by atoms with van der Waals surface area (Å²) in [6, 6.07) is 9.31. The lowest BCUT2D eigenvalue weighted by Gasteiger charge is -2.15. The fraction of sp³-hybridized carbons (Fsp3) is 0.222. The minimum absolute atomic E-state index is 0.0582. The van der Waals surface area contributed by atoms with Crippen LogP contribution in [0.3, 0.4) is 0 Å². The zero-order valence-electron chi connectivity index (χ0n) is 13.7. The Kier molecular flexibility index (Phi) is 4.65. The maximum atomic E-state index is 12.4. The number of halogens is 2. The van der Waals surface area contributed by atoms with E-state index in [2.05, 4.69) is 15.0 Å². The molecule has 0 saturated carbocycles. The van der Waals surface area contributed by atoms with Gasteiger partial charge in [-0.25, -0.2) is 4.98 Å². The van der Waals surface area contributed by atoms with Crippen LogP contribution in [0.5, 0.6) is 5.75 Å². The summed E-state index contributed by atoms with van der Waals surface area (Å²) in [6.07, 6.45) is 3.64. The molecule has 1 atom stereocenters. The van der Waals surface area contributed by atoms with Gasteiger partial charge in [0.15, 0.2) is 0 Å². The molecule has 2 aromatic heterocycles. The first kappa shape index (κ1) is 16.9. The van der Waals surface area contributed by atoms with Crippen molar-refractivity contribution < 1.29 is 18.3 Å². The van der Waals surface area contributed by atoms with E-state index >= 15 is 0 Å². The van der Waals surface area contributed by atoms with Gasteiger partial charge in [-0.05, 0) is 43.7 Å². The number of carbonyl (C=O) groups is 1. The molecule has 0 fully saturated rings. The minimum atomic E-state index is -2.88. The number of amides is 1. The Hall–Kier alpha value is -2.96. The number of pyridine rings is 1. The first-order valence-corrected chi connectivity index (χ1v) is 7.73. The molecule has 1 amide bonds. The quantitative estimate of drug-likeness (QED) is 0.766. The molecule has 1 unspecified atom stereocenters. The highest BCUT2D eigenvalue weighted by Gasteiger charge is 2.14. The second kappa shape index (κ2) is 6.88. The number of hydrogen-bond acceptors (Lipinski definition) is 3. The highest BCUT2D eigenvalue weighted by atomic mass is 19.3. The van der Waals surface area contributed by atoms with Crippen molar-refractivity contribution in [1.82, 2.24) is 14.7 Å². The van der Waals surface area contributed by atoms with Crippen LogP contribution < -0.4 is 10.1 Å². The van der Waals surface area contributed by atoms with Crippen LogP contribution in [0.4, 0.5) is 8.78 Å². The summed E-state index contributed by atoms with van der Waals surface area (Å²) in [5, 5.41) is 2.85. The normalized spacial score (nSPS) is 12.4. The van der Waals surface area contributed by atoms with E-state index in [1.807, 2.05) is 17.5 Å². The van der Waals surface area contributed by atoms with Gasteiger partial charge in [0, 0.05) is 18.0 Å². The summed E-state index contributed by atoms with van der Waals surface area (Å²) in [7, 11) is 0. The lowest BCUT2D eigenvalue weighted by atomic mass is 10.1. The zero-order valence-corrected chi connectivity index (χ0v) is 13.7. The maximum absolute atomic E-state index is 12.4. The largest absolute Gasteiger partial charge is 0.435 e. The van der Waals surface area contributed by atoms with E-state index in [1.54, 1.807) is 37.4 Å². The molecule has 0 aliphatic rings. The standard InChI is InChI=1S/C18H17F2N3O2/c1-11-10-23-7-6-14(9-16(23)21-11)17(24)22-12(2)13-4-3-5-15(8-13)25-18(19)20/h3-10,12,18H,1-2H3,(H,22,24). The van der Waals surface area contributed by atoms with Gasteiger partial charge in [0.25, 0.3) is 5.91 Å². The Labute approximate surface area is 143 Å². The predicted octanol–water partition coefficient (Wildman–Crippen LogP) is 3.74. The summed E-state index contributed by atoms with van der Waals surface area (Å²) >= 11 is 0. The van der Waals surface area contributed by atoms with Crippen molar-refractivity contribution in [2.24, 2.45) is 0 Å². The average molecular weight is 345 g/mol. The number of fused-ring (bicyclic) bond motifs is 1. The monoisotopic (exact) mass is 345 g/mol. The molecule has 5 nitrogen and oxygen atoms in total. The van der Waals surface area contributed by atoms with E-state index in [-0.39, 0.29) is 17.7 Å². The number of aryl methyl sites for hydroxylation is 1. The minimum Gasteiger partial charge on any atom is -0.435 e. The molecular weight excluding hydrogens is 328 g/mol. The SMILES string of the molecule is Cc1cn2ccc(C(=O)NC(C)c3cccc(OC(F)F)c3)cc2n1. The van der Waals surface area contributed by atoms with E-state index in [0.717, 1.165) is 5.69 Å². The molecule has 0 aliphatic heterocycles. The van der Waals surface area contributed by atoms with Crippen LogP contribution in [0.2, 0.25) is 0 Å². The van der Waals surface area contributed by atoms with Gasteiger partial charge in [0.1, 0.15) is 11.4 Å². The van der Waals surface area contributed by atoms with Crippen molar-refractivity contribution in [1.29, 1.82) is 0 Å². The molecular formula is C18H17F2N3O2. The van der Waals surface area contributed by atoms with Crippen LogP contribution in [0.25, 0.3) is 5.65 Å². The summed E-state index contributed by atoms with van der Waals surface area (Å²) < 4.78 is 30.9. The number of aromatic nitrogens is 2. The van der Waals surface area contributed by atoms with Crippen molar-refractivity contribution in [2.75, 3.05) is 0 Å². The molecule has 0 radical (unpaired) electrons. The van der Waals surface area contributed by atoms with Gasteiger partial charge >= 0.3 is 6.61 Å². The van der Waals surface area contributed by atoms with Crippen molar-refractivity contribution in [3.05, 3.63) is 65.6 Å². The summed E-state index contributed by atoms with van der Waals surface area (Å²) in [4.78, 5) is 16.8. The van der Waals surface area contributed by atoms with Crippen molar-refractivity contribution in [2.45, 2.75) is 26.5 Å². The Morgan fingerprint density at radius 3 is 2.84 bits per heavy atom. The average Bonchev–Trinajstić information content (AvgIpc) is 2.93. The molecule has 0 saturated heterocycles.